The molecule has 0 aliphatic rings. The number of hydrogen-bond donors (Lipinski definition) is 1. The number of aromatic nitrogens is 4. The largest absolute Gasteiger partial charge is 0.265 e. The fourth-order valence-corrected chi connectivity index (χ4v) is 3.69. The maximum absolute atomic E-state index is 12.5. The van der Waals surface area contributed by atoms with Crippen LogP contribution in [-0.2, 0) is 16.6 Å². The van der Waals surface area contributed by atoms with E-state index in [4.69, 9.17) is 0 Å². The quantitative estimate of drug-likeness (QED) is 0.792. The van der Waals surface area contributed by atoms with Crippen molar-refractivity contribution in [3.05, 3.63) is 30.5 Å². The highest BCUT2D eigenvalue weighted by Crippen LogP contribution is 2.23. The monoisotopic (exact) mass is 309 g/mol. The zero-order chi connectivity index (χ0) is 14.2. The number of aryl methyl sites for hydroxylation is 1. The SMILES string of the molecule is CCn1nccc1NS(=O)(=O)c1cccc2nsnc12. The average Bonchev–Trinajstić information content (AvgIpc) is 3.05. The molecule has 20 heavy (non-hydrogen) atoms. The predicted molar refractivity (Wildman–Crippen MR) is 76.1 cm³/mol. The van der Waals surface area contributed by atoms with E-state index in [1.807, 2.05) is 6.92 Å². The van der Waals surface area contributed by atoms with Gasteiger partial charge in [0.1, 0.15) is 21.7 Å². The molecule has 0 saturated carbocycles. The van der Waals surface area contributed by atoms with Crippen LogP contribution in [-0.4, -0.2) is 26.9 Å². The van der Waals surface area contributed by atoms with Gasteiger partial charge in [0.2, 0.25) is 0 Å². The van der Waals surface area contributed by atoms with E-state index in [0.29, 0.717) is 23.4 Å². The zero-order valence-corrected chi connectivity index (χ0v) is 12.1. The predicted octanol–water partition coefficient (Wildman–Crippen LogP) is 1.71. The van der Waals surface area contributed by atoms with E-state index in [0.717, 1.165) is 11.7 Å². The van der Waals surface area contributed by atoms with Gasteiger partial charge in [-0.3, -0.25) is 4.72 Å². The minimum Gasteiger partial charge on any atom is -0.263 e. The smallest absolute Gasteiger partial charge is 0.263 e. The van der Waals surface area contributed by atoms with Gasteiger partial charge >= 0.3 is 0 Å². The van der Waals surface area contributed by atoms with Gasteiger partial charge in [-0.1, -0.05) is 6.07 Å². The Labute approximate surface area is 119 Å². The molecule has 0 atom stereocenters. The van der Waals surface area contributed by atoms with Crippen LogP contribution in [0.1, 0.15) is 6.92 Å². The van der Waals surface area contributed by atoms with Crippen LogP contribution < -0.4 is 4.72 Å². The van der Waals surface area contributed by atoms with Gasteiger partial charge in [0.05, 0.1) is 17.9 Å². The molecule has 0 unspecified atom stereocenters. The Balaban J connectivity index is 2.06. The zero-order valence-electron chi connectivity index (χ0n) is 10.5. The van der Waals surface area contributed by atoms with Crippen molar-refractivity contribution in [1.29, 1.82) is 0 Å². The molecule has 0 bridgehead atoms. The summed E-state index contributed by atoms with van der Waals surface area (Å²) in [5.74, 6) is 0.424. The molecule has 3 rings (SSSR count). The molecule has 0 fully saturated rings. The summed E-state index contributed by atoms with van der Waals surface area (Å²) >= 11 is 0.989. The maximum atomic E-state index is 12.5. The average molecular weight is 309 g/mol. The molecule has 0 radical (unpaired) electrons. The van der Waals surface area contributed by atoms with Crippen LogP contribution in [0.2, 0.25) is 0 Å². The lowest BCUT2D eigenvalue weighted by molar-refractivity contribution is 0.599. The Bertz CT molecular complexity index is 852. The van der Waals surface area contributed by atoms with Crippen molar-refractivity contribution in [2.24, 2.45) is 0 Å². The molecular weight excluding hydrogens is 298 g/mol. The van der Waals surface area contributed by atoms with Crippen LogP contribution in [0.25, 0.3) is 11.0 Å². The molecule has 0 amide bonds. The number of rotatable bonds is 4. The van der Waals surface area contributed by atoms with Crippen molar-refractivity contribution in [3.63, 3.8) is 0 Å². The standard InChI is InChI=1S/C11H11N5O2S2/c1-2-16-10(6-7-12-16)15-20(17,18)9-5-3-4-8-11(9)14-19-13-8/h3-7,15H,2H2,1H3. The van der Waals surface area contributed by atoms with Gasteiger partial charge in [-0.2, -0.15) is 13.8 Å². The molecule has 0 spiro atoms. The number of nitrogens with zero attached hydrogens (tertiary/aromatic N) is 4. The number of fused-ring (bicyclic) bond motifs is 1. The summed E-state index contributed by atoms with van der Waals surface area (Å²) in [7, 11) is -3.72. The molecule has 7 nitrogen and oxygen atoms in total. The highest BCUT2D eigenvalue weighted by molar-refractivity contribution is 7.93. The van der Waals surface area contributed by atoms with Crippen LogP contribution in [0.5, 0.6) is 0 Å². The van der Waals surface area contributed by atoms with Gasteiger partial charge in [-0.15, -0.1) is 0 Å². The molecule has 0 aliphatic heterocycles. The summed E-state index contributed by atoms with van der Waals surface area (Å²) in [6.45, 7) is 2.46. The van der Waals surface area contributed by atoms with Gasteiger partial charge in [-0.25, -0.2) is 13.1 Å². The van der Waals surface area contributed by atoms with E-state index in [1.54, 1.807) is 29.1 Å². The number of sulfonamides is 1. The maximum Gasteiger partial charge on any atom is 0.265 e. The lowest BCUT2D eigenvalue weighted by Crippen LogP contribution is -2.16. The van der Waals surface area contributed by atoms with E-state index in [1.165, 1.54) is 6.07 Å². The summed E-state index contributed by atoms with van der Waals surface area (Å²) in [5, 5.41) is 4.03. The second kappa shape index (κ2) is 4.84. The van der Waals surface area contributed by atoms with Gasteiger partial charge in [-0.05, 0) is 19.1 Å². The fraction of sp³-hybridized carbons (Fsp3) is 0.182. The topological polar surface area (TPSA) is 89.8 Å². The number of anilines is 1. The number of benzene rings is 1. The molecular formula is C11H11N5O2S2. The normalized spacial score (nSPS) is 11.8. The molecule has 0 saturated heterocycles. The van der Waals surface area contributed by atoms with Gasteiger partial charge in [0.25, 0.3) is 10.0 Å². The first-order valence-electron chi connectivity index (χ1n) is 5.88. The number of hydrogen-bond acceptors (Lipinski definition) is 6. The van der Waals surface area contributed by atoms with E-state index in [9.17, 15) is 8.42 Å². The minimum atomic E-state index is -3.72. The molecule has 9 heteroatoms. The van der Waals surface area contributed by atoms with Gasteiger partial charge < -0.3 is 0 Å². The molecule has 3 aromatic rings. The summed E-state index contributed by atoms with van der Waals surface area (Å²) in [6, 6.07) is 6.50. The van der Waals surface area contributed by atoms with Gasteiger partial charge in [0, 0.05) is 12.6 Å². The first-order valence-corrected chi connectivity index (χ1v) is 8.09. The summed E-state index contributed by atoms with van der Waals surface area (Å²) < 4.78 is 37.1. The third-order valence-corrected chi connectivity index (χ3v) is 4.72. The third-order valence-electron chi connectivity index (χ3n) is 2.79. The van der Waals surface area contributed by atoms with Crippen molar-refractivity contribution in [1.82, 2.24) is 18.5 Å². The Morgan fingerprint density at radius 2 is 2.15 bits per heavy atom. The van der Waals surface area contributed by atoms with Crippen LogP contribution in [0.3, 0.4) is 0 Å². The Morgan fingerprint density at radius 1 is 1.30 bits per heavy atom. The second-order valence-electron chi connectivity index (χ2n) is 4.03. The van der Waals surface area contributed by atoms with E-state index < -0.39 is 10.0 Å². The molecule has 1 aromatic carbocycles. The fourth-order valence-electron chi connectivity index (χ4n) is 1.86. The van der Waals surface area contributed by atoms with E-state index >= 15 is 0 Å². The minimum absolute atomic E-state index is 0.118. The Morgan fingerprint density at radius 3 is 2.95 bits per heavy atom. The summed E-state index contributed by atoms with van der Waals surface area (Å²) in [6.07, 6.45) is 1.55. The molecule has 104 valence electrons. The second-order valence-corrected chi connectivity index (χ2v) is 6.21. The third kappa shape index (κ3) is 2.14. The van der Waals surface area contributed by atoms with Crippen molar-refractivity contribution in [2.45, 2.75) is 18.4 Å². The Kier molecular flexibility index (Phi) is 3.14. The Hall–Kier alpha value is -2.00. The lowest BCUT2D eigenvalue weighted by Gasteiger charge is -2.09. The molecule has 0 aliphatic carbocycles. The highest BCUT2D eigenvalue weighted by Gasteiger charge is 2.20. The van der Waals surface area contributed by atoms with Crippen molar-refractivity contribution >= 4 is 38.6 Å². The highest BCUT2D eigenvalue weighted by atomic mass is 32.2. The molecule has 2 aromatic heterocycles. The lowest BCUT2D eigenvalue weighted by atomic mass is 10.3. The summed E-state index contributed by atoms with van der Waals surface area (Å²) in [5.41, 5.74) is 0.953. The van der Waals surface area contributed by atoms with Crippen LogP contribution >= 0.6 is 11.7 Å². The van der Waals surface area contributed by atoms with E-state index in [2.05, 4.69) is 18.6 Å². The number of nitrogens with one attached hydrogen (secondary N) is 1. The van der Waals surface area contributed by atoms with Crippen molar-refractivity contribution in [3.8, 4) is 0 Å². The van der Waals surface area contributed by atoms with Crippen molar-refractivity contribution < 1.29 is 8.42 Å². The van der Waals surface area contributed by atoms with Crippen LogP contribution in [0.4, 0.5) is 5.82 Å². The van der Waals surface area contributed by atoms with E-state index in [-0.39, 0.29) is 4.90 Å². The molecule has 1 N–H and O–H groups in total. The van der Waals surface area contributed by atoms with Crippen LogP contribution in [0.15, 0.2) is 35.4 Å². The van der Waals surface area contributed by atoms with Crippen LogP contribution in [0, 0.1) is 0 Å². The molecule has 2 heterocycles. The summed E-state index contributed by atoms with van der Waals surface area (Å²) in [4.78, 5) is 0.118. The first-order chi connectivity index (χ1) is 9.62. The first kappa shape index (κ1) is 13.0. The van der Waals surface area contributed by atoms with Gasteiger partial charge in [0.15, 0.2) is 0 Å². The van der Waals surface area contributed by atoms with Crippen molar-refractivity contribution in [2.75, 3.05) is 4.72 Å².